The molecule has 0 aromatic carbocycles. The number of H-pyrrole nitrogens is 1. The predicted molar refractivity (Wildman–Crippen MR) is 122 cm³/mol. The molecule has 0 bridgehead atoms. The van der Waals surface area contributed by atoms with Crippen molar-refractivity contribution in [3.05, 3.63) is 32.6 Å². The largest absolute Gasteiger partial charge is 0.483 e. The fourth-order valence-corrected chi connectivity index (χ4v) is 5.99. The molecular formula is C18H29N3O15P2. The summed E-state index contributed by atoms with van der Waals surface area (Å²) in [6.45, 7) is 3.02. The topological polar surface area (TPSA) is 265 Å². The van der Waals surface area contributed by atoms with Gasteiger partial charge in [-0.25, -0.2) is 13.9 Å². The second kappa shape index (κ2) is 11.8. The highest BCUT2D eigenvalue weighted by atomic mass is 31.3. The van der Waals surface area contributed by atoms with E-state index in [1.54, 1.807) is 0 Å². The maximum Gasteiger partial charge on any atom is 0.483 e. The standard InChI is InChI=1S/C18H29N3O15P2/c1-7-5-21(18(27)20-16(7)26)12-4-10(23)11(34-12)6-32-37(28,29)36-38(30,31)35-17-15(25)13(19-9(3)22)14(24)8(2)33-17/h5,8,10-15,17,23-25H,4,6H2,1-3H3,(H,19,22)(H,28,29)(H,30,31)(H,20,26,27)/t8?,10-,11-,12-,13+,14+,15?,17+/m1/s1. The second-order valence-corrected chi connectivity index (χ2v) is 11.7. The summed E-state index contributed by atoms with van der Waals surface area (Å²) in [5.74, 6) is -0.642. The number of aromatic nitrogens is 2. The van der Waals surface area contributed by atoms with Crippen LogP contribution in [0.15, 0.2) is 15.8 Å². The second-order valence-electron chi connectivity index (χ2n) is 8.75. The molecule has 0 saturated carbocycles. The molecule has 2 fully saturated rings. The van der Waals surface area contributed by atoms with Crippen molar-refractivity contribution in [2.24, 2.45) is 0 Å². The smallest absolute Gasteiger partial charge is 0.390 e. The Morgan fingerprint density at radius 3 is 2.47 bits per heavy atom. The normalized spacial score (nSPS) is 34.8. The van der Waals surface area contributed by atoms with Gasteiger partial charge in [-0.3, -0.25) is 28.2 Å². The van der Waals surface area contributed by atoms with Crippen LogP contribution in [0.4, 0.5) is 0 Å². The summed E-state index contributed by atoms with van der Waals surface area (Å²) in [6, 6.07) is -1.37. The van der Waals surface area contributed by atoms with Crippen LogP contribution in [0, 0.1) is 6.92 Å². The van der Waals surface area contributed by atoms with E-state index in [2.05, 4.69) is 23.7 Å². The van der Waals surface area contributed by atoms with E-state index in [1.807, 2.05) is 0 Å². The molecule has 38 heavy (non-hydrogen) atoms. The van der Waals surface area contributed by atoms with Gasteiger partial charge in [0.25, 0.3) is 5.56 Å². The van der Waals surface area contributed by atoms with Crippen molar-refractivity contribution in [1.29, 1.82) is 0 Å². The molecule has 10 atom stereocenters. The summed E-state index contributed by atoms with van der Waals surface area (Å²) in [7, 11) is -10.8. The van der Waals surface area contributed by atoms with E-state index in [1.165, 1.54) is 20.0 Å². The number of phosphoric ester groups is 2. The molecule has 0 spiro atoms. The van der Waals surface area contributed by atoms with Crippen LogP contribution in [0.2, 0.25) is 0 Å². The lowest BCUT2D eigenvalue weighted by Crippen LogP contribution is -2.63. The van der Waals surface area contributed by atoms with Crippen LogP contribution < -0.4 is 16.6 Å². The van der Waals surface area contributed by atoms with Crippen LogP contribution >= 0.6 is 15.6 Å². The Morgan fingerprint density at radius 2 is 1.84 bits per heavy atom. The number of carbonyl (C=O) groups excluding carboxylic acids is 1. The Bertz CT molecular complexity index is 1240. The summed E-state index contributed by atoms with van der Waals surface area (Å²) in [5, 5.41) is 32.9. The molecule has 216 valence electrons. The zero-order valence-electron chi connectivity index (χ0n) is 20.3. The number of rotatable bonds is 9. The molecule has 3 rings (SSSR count). The Morgan fingerprint density at radius 1 is 1.18 bits per heavy atom. The number of phosphoric acid groups is 2. The molecule has 2 aliphatic rings. The van der Waals surface area contributed by atoms with Crippen LogP contribution in [-0.2, 0) is 36.8 Å². The Kier molecular flexibility index (Phi) is 9.51. The Labute approximate surface area is 214 Å². The number of nitrogens with one attached hydrogen (secondary N) is 2. The number of carbonyl (C=O) groups is 1. The molecule has 2 saturated heterocycles. The van der Waals surface area contributed by atoms with Gasteiger partial charge in [0.2, 0.25) is 5.91 Å². The lowest BCUT2D eigenvalue weighted by Gasteiger charge is -2.41. The van der Waals surface area contributed by atoms with Crippen molar-refractivity contribution >= 4 is 21.6 Å². The zero-order valence-corrected chi connectivity index (χ0v) is 22.1. The van der Waals surface area contributed by atoms with Crippen molar-refractivity contribution in [3.63, 3.8) is 0 Å². The van der Waals surface area contributed by atoms with Gasteiger partial charge in [-0.05, 0) is 13.8 Å². The number of aromatic amines is 1. The summed E-state index contributed by atoms with van der Waals surface area (Å²) in [6.07, 6.45) is -8.98. The number of aryl methyl sites for hydroxylation is 1. The van der Waals surface area contributed by atoms with Gasteiger partial charge in [0.1, 0.15) is 24.5 Å². The average Bonchev–Trinajstić information content (AvgIpc) is 3.15. The lowest BCUT2D eigenvalue weighted by atomic mass is 9.97. The number of aliphatic hydroxyl groups excluding tert-OH is 3. The molecule has 4 unspecified atom stereocenters. The van der Waals surface area contributed by atoms with Crippen LogP contribution in [0.5, 0.6) is 0 Å². The molecule has 0 aliphatic carbocycles. The first-order valence-corrected chi connectivity index (χ1v) is 14.1. The predicted octanol–water partition coefficient (Wildman–Crippen LogP) is -2.28. The minimum atomic E-state index is -5.48. The molecule has 18 nitrogen and oxygen atoms in total. The minimum absolute atomic E-state index is 0.159. The third-order valence-electron chi connectivity index (χ3n) is 5.72. The first-order chi connectivity index (χ1) is 17.5. The Balaban J connectivity index is 1.60. The molecular weight excluding hydrogens is 560 g/mol. The van der Waals surface area contributed by atoms with Crippen LogP contribution in [-0.4, -0.2) is 90.0 Å². The maximum absolute atomic E-state index is 12.4. The highest BCUT2D eigenvalue weighted by Crippen LogP contribution is 2.61. The average molecular weight is 589 g/mol. The number of ether oxygens (including phenoxy) is 2. The maximum atomic E-state index is 12.4. The molecule has 1 amide bonds. The van der Waals surface area contributed by atoms with Crippen LogP contribution in [0.1, 0.15) is 32.1 Å². The number of hydrogen-bond acceptors (Lipinski definition) is 13. The quantitative estimate of drug-likeness (QED) is 0.150. The Hall–Kier alpha value is -1.79. The van der Waals surface area contributed by atoms with Crippen molar-refractivity contribution < 1.29 is 61.9 Å². The van der Waals surface area contributed by atoms with Gasteiger partial charge in [0.15, 0.2) is 6.29 Å². The minimum Gasteiger partial charge on any atom is -0.390 e. The van der Waals surface area contributed by atoms with Gasteiger partial charge in [0, 0.05) is 25.1 Å². The van der Waals surface area contributed by atoms with Gasteiger partial charge in [-0.15, -0.1) is 0 Å². The number of nitrogens with zero attached hydrogens (tertiary/aromatic N) is 1. The monoisotopic (exact) mass is 589 g/mol. The summed E-state index contributed by atoms with van der Waals surface area (Å²) in [5.41, 5.74) is -1.24. The van der Waals surface area contributed by atoms with Gasteiger partial charge < -0.3 is 39.9 Å². The van der Waals surface area contributed by atoms with E-state index in [0.29, 0.717) is 0 Å². The summed E-state index contributed by atoms with van der Waals surface area (Å²) >= 11 is 0. The van der Waals surface area contributed by atoms with Gasteiger partial charge in [0.05, 0.1) is 24.9 Å². The number of amides is 1. The zero-order chi connectivity index (χ0) is 28.6. The molecule has 1 aromatic rings. The molecule has 2 aliphatic heterocycles. The first kappa shape index (κ1) is 30.7. The third kappa shape index (κ3) is 7.44. The molecule has 20 heteroatoms. The van der Waals surface area contributed by atoms with Crippen molar-refractivity contribution in [3.8, 4) is 0 Å². The molecule has 7 N–H and O–H groups in total. The van der Waals surface area contributed by atoms with E-state index >= 15 is 0 Å². The van der Waals surface area contributed by atoms with Gasteiger partial charge >= 0.3 is 21.3 Å². The highest BCUT2D eigenvalue weighted by Gasteiger charge is 2.48. The molecule has 1 aromatic heterocycles. The third-order valence-corrected chi connectivity index (χ3v) is 8.32. The van der Waals surface area contributed by atoms with E-state index in [9.17, 15) is 48.6 Å². The highest BCUT2D eigenvalue weighted by molar-refractivity contribution is 7.61. The summed E-state index contributed by atoms with van der Waals surface area (Å²) in [4.78, 5) is 56.9. The van der Waals surface area contributed by atoms with E-state index < -0.39 is 88.5 Å². The van der Waals surface area contributed by atoms with Gasteiger partial charge in [-0.1, -0.05) is 0 Å². The van der Waals surface area contributed by atoms with E-state index in [-0.39, 0.29) is 12.0 Å². The number of aliphatic hydroxyl groups is 3. The van der Waals surface area contributed by atoms with Crippen molar-refractivity contribution in [1.82, 2.24) is 14.9 Å². The van der Waals surface area contributed by atoms with Gasteiger partial charge in [-0.2, -0.15) is 4.31 Å². The van der Waals surface area contributed by atoms with Crippen molar-refractivity contribution in [2.45, 2.75) is 76.3 Å². The van der Waals surface area contributed by atoms with Crippen LogP contribution in [0.25, 0.3) is 0 Å². The first-order valence-electron chi connectivity index (χ1n) is 11.1. The molecule has 3 heterocycles. The van der Waals surface area contributed by atoms with E-state index in [0.717, 1.165) is 11.5 Å². The van der Waals surface area contributed by atoms with Crippen LogP contribution in [0.3, 0.4) is 0 Å². The number of hydrogen-bond donors (Lipinski definition) is 7. The van der Waals surface area contributed by atoms with E-state index in [4.69, 9.17) is 9.47 Å². The van der Waals surface area contributed by atoms with Crippen molar-refractivity contribution in [2.75, 3.05) is 6.61 Å². The SMILES string of the molecule is CC(=O)N[C@@H]1C(O)[C@H](OP(=O)(O)OP(=O)(O)OC[C@H]2O[C@@H](n3cc(C)c(=O)[nH]c3=O)C[C@H]2O)OC(C)[C@@H]1O. The fraction of sp³-hybridized carbons (Fsp3) is 0.722. The lowest BCUT2D eigenvalue weighted by molar-refractivity contribution is -0.244. The summed E-state index contributed by atoms with van der Waals surface area (Å²) < 4.78 is 49.8. The fourth-order valence-electron chi connectivity index (χ4n) is 3.84. The molecule has 0 radical (unpaired) electrons.